The predicted molar refractivity (Wildman–Crippen MR) is 163 cm³/mol. The van der Waals surface area contributed by atoms with Crippen LogP contribution in [0.25, 0.3) is 0 Å². The predicted octanol–water partition coefficient (Wildman–Crippen LogP) is 5.75. The Labute approximate surface area is 248 Å². The minimum absolute atomic E-state index is 0.0704. The normalized spacial score (nSPS) is 14.7. The molecule has 1 atom stereocenters. The van der Waals surface area contributed by atoms with Crippen LogP contribution in [0.1, 0.15) is 50.2 Å². The van der Waals surface area contributed by atoms with E-state index in [0.717, 1.165) is 35.6 Å². The maximum Gasteiger partial charge on any atom is 0.264 e. The molecule has 1 N–H and O–H groups in total. The summed E-state index contributed by atoms with van der Waals surface area (Å²) in [6.45, 7) is 3.27. The molecule has 7 nitrogen and oxygen atoms in total. The molecule has 0 bridgehead atoms. The van der Waals surface area contributed by atoms with E-state index in [4.69, 9.17) is 11.6 Å². The van der Waals surface area contributed by atoms with E-state index in [1.165, 1.54) is 23.5 Å². The molecule has 0 radical (unpaired) electrons. The van der Waals surface area contributed by atoms with Gasteiger partial charge in [0, 0.05) is 17.6 Å². The van der Waals surface area contributed by atoms with E-state index in [2.05, 4.69) is 5.32 Å². The van der Waals surface area contributed by atoms with E-state index in [1.54, 1.807) is 50.2 Å². The summed E-state index contributed by atoms with van der Waals surface area (Å²) in [6, 6.07) is 22.0. The van der Waals surface area contributed by atoms with Crippen molar-refractivity contribution in [1.29, 1.82) is 0 Å². The number of nitrogens with zero attached hydrogens (tertiary/aromatic N) is 2. The molecule has 41 heavy (non-hydrogen) atoms. The van der Waals surface area contributed by atoms with E-state index in [1.807, 2.05) is 30.3 Å². The molecule has 1 saturated carbocycles. The van der Waals surface area contributed by atoms with Crippen molar-refractivity contribution in [2.75, 3.05) is 17.4 Å². The molecule has 1 fully saturated rings. The molecular weight excluding hydrogens is 558 g/mol. The summed E-state index contributed by atoms with van der Waals surface area (Å²) in [4.78, 5) is 29.0. The van der Waals surface area contributed by atoms with E-state index >= 15 is 0 Å². The van der Waals surface area contributed by atoms with Gasteiger partial charge >= 0.3 is 0 Å². The standard InChI is InChI=1S/C32H38ClN3O4S/c1-24-22-27(33)18-19-30(24)36(41(39,40)29-16-10-5-11-17-29)23-31(37)35(21-20-26-12-6-3-7-13-26)25(2)32(38)34-28-14-8-4-9-15-28/h3,5-7,10-13,16-19,22,25,28H,4,8-9,14-15,20-21,23H2,1-2H3,(H,34,38). The number of sulfonamides is 1. The van der Waals surface area contributed by atoms with Gasteiger partial charge in [-0.15, -0.1) is 0 Å². The average Bonchev–Trinajstić information content (AvgIpc) is 2.97. The lowest BCUT2D eigenvalue weighted by Gasteiger charge is -2.33. The minimum Gasteiger partial charge on any atom is -0.352 e. The van der Waals surface area contributed by atoms with E-state index < -0.39 is 28.5 Å². The molecule has 218 valence electrons. The van der Waals surface area contributed by atoms with Crippen molar-refractivity contribution in [2.24, 2.45) is 0 Å². The first-order valence-corrected chi connectivity index (χ1v) is 16.0. The largest absolute Gasteiger partial charge is 0.352 e. The third-order valence-electron chi connectivity index (χ3n) is 7.64. The fraction of sp³-hybridized carbons (Fsp3) is 0.375. The third kappa shape index (κ3) is 7.89. The molecule has 3 aromatic rings. The molecular formula is C32H38ClN3O4S. The number of carbonyl (C=O) groups is 2. The molecule has 1 unspecified atom stereocenters. The van der Waals surface area contributed by atoms with E-state index in [-0.39, 0.29) is 23.4 Å². The van der Waals surface area contributed by atoms with Crippen molar-refractivity contribution >= 4 is 39.1 Å². The molecule has 4 rings (SSSR count). The molecule has 0 heterocycles. The van der Waals surface area contributed by atoms with Crippen LogP contribution in [-0.2, 0) is 26.0 Å². The number of nitrogens with one attached hydrogen (secondary N) is 1. The second kappa shape index (κ2) is 14.0. The molecule has 0 aliphatic heterocycles. The molecule has 1 aliphatic rings. The Morgan fingerprint density at radius 3 is 2.22 bits per heavy atom. The van der Waals surface area contributed by atoms with Crippen LogP contribution in [0.15, 0.2) is 83.8 Å². The fourth-order valence-corrected chi connectivity index (χ4v) is 7.00. The molecule has 0 saturated heterocycles. The number of anilines is 1. The Kier molecular flexibility index (Phi) is 10.5. The number of rotatable bonds is 11. The van der Waals surface area contributed by atoms with Gasteiger partial charge in [0.25, 0.3) is 10.0 Å². The molecule has 3 aromatic carbocycles. The highest BCUT2D eigenvalue weighted by molar-refractivity contribution is 7.92. The Balaban J connectivity index is 1.65. The van der Waals surface area contributed by atoms with Crippen molar-refractivity contribution in [1.82, 2.24) is 10.2 Å². The van der Waals surface area contributed by atoms with Crippen molar-refractivity contribution in [3.8, 4) is 0 Å². The van der Waals surface area contributed by atoms with Crippen LogP contribution < -0.4 is 9.62 Å². The maximum absolute atomic E-state index is 14.1. The second-order valence-electron chi connectivity index (χ2n) is 10.6. The fourth-order valence-electron chi connectivity index (χ4n) is 5.27. The lowest BCUT2D eigenvalue weighted by atomic mass is 9.95. The first-order chi connectivity index (χ1) is 19.7. The van der Waals surface area contributed by atoms with Crippen LogP contribution >= 0.6 is 11.6 Å². The zero-order valence-corrected chi connectivity index (χ0v) is 25.2. The Bertz CT molecular complexity index is 1430. The van der Waals surface area contributed by atoms with Gasteiger partial charge in [0.05, 0.1) is 10.6 Å². The summed E-state index contributed by atoms with van der Waals surface area (Å²) in [7, 11) is -4.11. The monoisotopic (exact) mass is 595 g/mol. The zero-order valence-electron chi connectivity index (χ0n) is 23.6. The Morgan fingerprint density at radius 1 is 0.951 bits per heavy atom. The number of amides is 2. The topological polar surface area (TPSA) is 86.8 Å². The summed E-state index contributed by atoms with van der Waals surface area (Å²) >= 11 is 6.18. The Hall–Kier alpha value is -3.36. The van der Waals surface area contributed by atoms with Crippen LogP contribution in [0.3, 0.4) is 0 Å². The smallest absolute Gasteiger partial charge is 0.264 e. The Morgan fingerprint density at radius 2 is 1.59 bits per heavy atom. The van der Waals surface area contributed by atoms with Gasteiger partial charge in [0.1, 0.15) is 12.6 Å². The minimum atomic E-state index is -4.11. The van der Waals surface area contributed by atoms with Crippen molar-refractivity contribution in [2.45, 2.75) is 69.4 Å². The summed E-state index contributed by atoms with van der Waals surface area (Å²) in [5.41, 5.74) is 1.99. The van der Waals surface area contributed by atoms with Crippen LogP contribution in [-0.4, -0.2) is 50.3 Å². The van der Waals surface area contributed by atoms with Crippen LogP contribution in [0, 0.1) is 6.92 Å². The van der Waals surface area contributed by atoms with Gasteiger partial charge in [-0.3, -0.25) is 13.9 Å². The van der Waals surface area contributed by atoms with Gasteiger partial charge in [-0.05, 0) is 74.6 Å². The van der Waals surface area contributed by atoms with Gasteiger partial charge in [0.2, 0.25) is 11.8 Å². The van der Waals surface area contributed by atoms with Crippen LogP contribution in [0.2, 0.25) is 5.02 Å². The zero-order chi connectivity index (χ0) is 29.4. The van der Waals surface area contributed by atoms with Crippen molar-refractivity contribution in [3.05, 3.63) is 95.0 Å². The quantitative estimate of drug-likeness (QED) is 0.306. The number of hydrogen-bond acceptors (Lipinski definition) is 4. The number of benzene rings is 3. The highest BCUT2D eigenvalue weighted by atomic mass is 35.5. The summed E-state index contributed by atoms with van der Waals surface area (Å²) in [6.07, 6.45) is 5.69. The molecule has 0 aromatic heterocycles. The maximum atomic E-state index is 14.1. The summed E-state index contributed by atoms with van der Waals surface area (Å²) < 4.78 is 29.0. The average molecular weight is 596 g/mol. The molecule has 9 heteroatoms. The second-order valence-corrected chi connectivity index (χ2v) is 12.9. The number of halogens is 1. The highest BCUT2D eigenvalue weighted by Crippen LogP contribution is 2.29. The summed E-state index contributed by atoms with van der Waals surface area (Å²) in [5, 5.41) is 3.59. The molecule has 0 spiro atoms. The molecule has 1 aliphatic carbocycles. The lowest BCUT2D eigenvalue weighted by molar-refractivity contribution is -0.139. The van der Waals surface area contributed by atoms with Gasteiger partial charge in [-0.25, -0.2) is 8.42 Å². The van der Waals surface area contributed by atoms with Gasteiger partial charge < -0.3 is 10.2 Å². The van der Waals surface area contributed by atoms with Gasteiger partial charge in [-0.2, -0.15) is 0 Å². The van der Waals surface area contributed by atoms with E-state index in [0.29, 0.717) is 22.7 Å². The van der Waals surface area contributed by atoms with Crippen LogP contribution in [0.5, 0.6) is 0 Å². The van der Waals surface area contributed by atoms with Gasteiger partial charge in [-0.1, -0.05) is 79.4 Å². The lowest BCUT2D eigenvalue weighted by Crippen LogP contribution is -2.53. The first-order valence-electron chi connectivity index (χ1n) is 14.1. The van der Waals surface area contributed by atoms with E-state index in [9.17, 15) is 18.0 Å². The van der Waals surface area contributed by atoms with Crippen LogP contribution in [0.4, 0.5) is 5.69 Å². The molecule has 2 amide bonds. The van der Waals surface area contributed by atoms with Crippen molar-refractivity contribution in [3.63, 3.8) is 0 Å². The SMILES string of the molecule is Cc1cc(Cl)ccc1N(CC(=O)N(CCc1ccccc1)C(C)C(=O)NC1CCCCC1)S(=O)(=O)c1ccccc1. The number of carbonyl (C=O) groups excluding carboxylic acids is 2. The highest BCUT2D eigenvalue weighted by Gasteiger charge is 2.33. The number of hydrogen-bond donors (Lipinski definition) is 1. The third-order valence-corrected chi connectivity index (χ3v) is 9.65. The van der Waals surface area contributed by atoms with Crippen molar-refractivity contribution < 1.29 is 18.0 Å². The number of aryl methyl sites for hydroxylation is 1. The van der Waals surface area contributed by atoms with Gasteiger partial charge in [0.15, 0.2) is 0 Å². The first kappa shape index (κ1) is 30.6. The summed E-state index contributed by atoms with van der Waals surface area (Å²) in [5.74, 6) is -0.681.